The van der Waals surface area contributed by atoms with Crippen LogP contribution in [0.3, 0.4) is 0 Å². The van der Waals surface area contributed by atoms with Crippen molar-refractivity contribution in [1.29, 1.82) is 0 Å². The summed E-state index contributed by atoms with van der Waals surface area (Å²) < 4.78 is 24.3. The second kappa shape index (κ2) is 4.41. The molecule has 0 amide bonds. The van der Waals surface area contributed by atoms with Gasteiger partial charge in [-0.1, -0.05) is 18.2 Å². The lowest BCUT2D eigenvalue weighted by atomic mass is 10.4. The first-order chi connectivity index (χ1) is 6.94. The Morgan fingerprint density at radius 2 is 1.87 bits per heavy atom. The maximum atomic E-state index is 11.7. The van der Waals surface area contributed by atoms with Gasteiger partial charge in [0.2, 0.25) is 10.0 Å². The van der Waals surface area contributed by atoms with Gasteiger partial charge in [-0.2, -0.15) is 4.31 Å². The summed E-state index contributed by atoms with van der Waals surface area (Å²) in [5.74, 6) is -1.18. The van der Waals surface area contributed by atoms with Crippen LogP contribution in [0.4, 0.5) is 0 Å². The Morgan fingerprint density at radius 1 is 1.33 bits per heavy atom. The fraction of sp³-hybridized carbons (Fsp3) is 0.222. The number of hydrogen-bond acceptors (Lipinski definition) is 3. The van der Waals surface area contributed by atoms with Gasteiger partial charge in [0, 0.05) is 7.05 Å². The number of aliphatic carboxylic acids is 1. The Morgan fingerprint density at radius 3 is 2.33 bits per heavy atom. The maximum Gasteiger partial charge on any atom is 0.318 e. The largest absolute Gasteiger partial charge is 0.480 e. The first-order valence-corrected chi connectivity index (χ1v) is 5.62. The minimum absolute atomic E-state index is 0.0914. The highest BCUT2D eigenvalue weighted by Gasteiger charge is 2.21. The van der Waals surface area contributed by atoms with Crippen LogP contribution in [-0.4, -0.2) is 37.4 Å². The Bertz CT molecular complexity index is 440. The van der Waals surface area contributed by atoms with Gasteiger partial charge in [-0.3, -0.25) is 4.79 Å². The van der Waals surface area contributed by atoms with Gasteiger partial charge in [-0.25, -0.2) is 8.42 Å². The summed E-state index contributed by atoms with van der Waals surface area (Å²) in [5.41, 5.74) is 0. The lowest BCUT2D eigenvalue weighted by Crippen LogP contribution is -2.31. The van der Waals surface area contributed by atoms with E-state index in [1.54, 1.807) is 18.2 Å². The number of hydrogen-bond donors (Lipinski definition) is 1. The quantitative estimate of drug-likeness (QED) is 0.810. The molecule has 0 fully saturated rings. The summed E-state index contributed by atoms with van der Waals surface area (Å²) in [4.78, 5) is 10.5. The van der Waals surface area contributed by atoms with E-state index in [-0.39, 0.29) is 4.90 Å². The van der Waals surface area contributed by atoms with E-state index < -0.39 is 22.5 Å². The molecule has 1 rings (SSSR count). The summed E-state index contributed by atoms with van der Waals surface area (Å²) in [6, 6.07) is 7.71. The van der Waals surface area contributed by atoms with Gasteiger partial charge in [0.25, 0.3) is 0 Å². The third kappa shape index (κ3) is 2.77. The molecule has 0 heterocycles. The number of benzene rings is 1. The zero-order valence-corrected chi connectivity index (χ0v) is 8.94. The standard InChI is InChI=1S/C9H11NO4S/c1-10(7-9(11)12)15(13,14)8-5-3-2-4-6-8/h2-6H,7H2,1H3,(H,11,12). The van der Waals surface area contributed by atoms with Crippen LogP contribution in [0.25, 0.3) is 0 Å². The third-order valence-electron chi connectivity index (χ3n) is 1.81. The molecule has 0 radical (unpaired) electrons. The molecule has 1 aromatic carbocycles. The molecule has 0 saturated carbocycles. The second-order valence-electron chi connectivity index (χ2n) is 2.97. The van der Waals surface area contributed by atoms with Crippen molar-refractivity contribution in [2.24, 2.45) is 0 Å². The minimum Gasteiger partial charge on any atom is -0.480 e. The lowest BCUT2D eigenvalue weighted by Gasteiger charge is -2.14. The molecule has 0 aliphatic carbocycles. The van der Waals surface area contributed by atoms with Crippen LogP contribution in [0.15, 0.2) is 35.2 Å². The van der Waals surface area contributed by atoms with Crippen LogP contribution in [0, 0.1) is 0 Å². The highest BCUT2D eigenvalue weighted by atomic mass is 32.2. The van der Waals surface area contributed by atoms with E-state index in [0.717, 1.165) is 4.31 Å². The number of sulfonamides is 1. The predicted octanol–water partition coefficient (Wildman–Crippen LogP) is 0.392. The minimum atomic E-state index is -3.68. The van der Waals surface area contributed by atoms with Crippen LogP contribution in [0.2, 0.25) is 0 Å². The van der Waals surface area contributed by atoms with E-state index in [0.29, 0.717) is 0 Å². The molecule has 6 heteroatoms. The molecule has 0 saturated heterocycles. The molecule has 82 valence electrons. The predicted molar refractivity (Wildman–Crippen MR) is 53.9 cm³/mol. The van der Waals surface area contributed by atoms with Crippen molar-refractivity contribution in [2.45, 2.75) is 4.90 Å². The molecule has 1 N–H and O–H groups in total. The van der Waals surface area contributed by atoms with Gasteiger partial charge >= 0.3 is 5.97 Å². The van der Waals surface area contributed by atoms with Gasteiger partial charge in [0.1, 0.15) is 6.54 Å². The summed E-state index contributed by atoms with van der Waals surface area (Å²) >= 11 is 0. The molecule has 0 unspecified atom stereocenters. The van der Waals surface area contributed by atoms with Crippen LogP contribution < -0.4 is 0 Å². The molecule has 15 heavy (non-hydrogen) atoms. The zero-order valence-electron chi connectivity index (χ0n) is 8.12. The Hall–Kier alpha value is -1.40. The number of carboxylic acids is 1. The van der Waals surface area contributed by atoms with Gasteiger partial charge in [0.05, 0.1) is 4.90 Å². The Labute approximate surface area is 88.0 Å². The number of likely N-dealkylation sites (N-methyl/N-ethyl adjacent to an activating group) is 1. The molecule has 0 aromatic heterocycles. The van der Waals surface area contributed by atoms with Crippen LogP contribution in [0.5, 0.6) is 0 Å². The van der Waals surface area contributed by atoms with Crippen molar-refractivity contribution in [2.75, 3.05) is 13.6 Å². The number of carbonyl (C=O) groups is 1. The molecular formula is C9H11NO4S. The van der Waals surface area contributed by atoms with Crippen LogP contribution >= 0.6 is 0 Å². The van der Waals surface area contributed by atoms with Gasteiger partial charge in [0.15, 0.2) is 0 Å². The first-order valence-electron chi connectivity index (χ1n) is 4.18. The van der Waals surface area contributed by atoms with Crippen molar-refractivity contribution in [3.05, 3.63) is 30.3 Å². The van der Waals surface area contributed by atoms with Crippen LogP contribution in [-0.2, 0) is 14.8 Å². The molecule has 0 bridgehead atoms. The number of rotatable bonds is 4. The molecule has 0 aliphatic rings. The third-order valence-corrected chi connectivity index (χ3v) is 3.63. The van der Waals surface area contributed by atoms with E-state index in [4.69, 9.17) is 5.11 Å². The topological polar surface area (TPSA) is 74.7 Å². The average molecular weight is 229 g/mol. The molecule has 1 aromatic rings. The smallest absolute Gasteiger partial charge is 0.318 e. The first kappa shape index (κ1) is 11.7. The van der Waals surface area contributed by atoms with Gasteiger partial charge < -0.3 is 5.11 Å². The highest BCUT2D eigenvalue weighted by Crippen LogP contribution is 2.12. The molecule has 0 aliphatic heterocycles. The molecule has 0 atom stereocenters. The van der Waals surface area contributed by atoms with Gasteiger partial charge in [-0.15, -0.1) is 0 Å². The van der Waals surface area contributed by atoms with E-state index in [2.05, 4.69) is 0 Å². The summed E-state index contributed by atoms with van der Waals surface area (Å²) in [6.07, 6.45) is 0. The highest BCUT2D eigenvalue weighted by molar-refractivity contribution is 7.89. The van der Waals surface area contributed by atoms with E-state index in [1.165, 1.54) is 19.2 Å². The number of carboxylic acid groups (broad SMARTS) is 1. The Balaban J connectivity index is 2.99. The zero-order chi connectivity index (χ0) is 11.5. The van der Waals surface area contributed by atoms with Crippen LogP contribution in [0.1, 0.15) is 0 Å². The summed E-state index contributed by atoms with van der Waals surface area (Å²) in [5, 5.41) is 8.49. The van der Waals surface area contributed by atoms with Gasteiger partial charge in [-0.05, 0) is 12.1 Å². The van der Waals surface area contributed by atoms with Crippen molar-refractivity contribution in [3.63, 3.8) is 0 Å². The van der Waals surface area contributed by atoms with Crippen molar-refractivity contribution >= 4 is 16.0 Å². The summed E-state index contributed by atoms with van der Waals surface area (Å²) in [6.45, 7) is -0.544. The average Bonchev–Trinajstić information content (AvgIpc) is 2.18. The van der Waals surface area contributed by atoms with E-state index in [1.807, 2.05) is 0 Å². The molecular weight excluding hydrogens is 218 g/mol. The fourth-order valence-electron chi connectivity index (χ4n) is 1.05. The number of nitrogens with zero attached hydrogens (tertiary/aromatic N) is 1. The summed E-state index contributed by atoms with van der Waals surface area (Å²) in [7, 11) is -2.45. The molecule has 0 spiro atoms. The molecule has 5 nitrogen and oxygen atoms in total. The maximum absolute atomic E-state index is 11.7. The normalized spacial score (nSPS) is 11.6. The monoisotopic (exact) mass is 229 g/mol. The van der Waals surface area contributed by atoms with Crippen molar-refractivity contribution in [3.8, 4) is 0 Å². The van der Waals surface area contributed by atoms with Crippen molar-refractivity contribution < 1.29 is 18.3 Å². The van der Waals surface area contributed by atoms with E-state index in [9.17, 15) is 13.2 Å². The van der Waals surface area contributed by atoms with E-state index >= 15 is 0 Å². The Kier molecular flexibility index (Phi) is 3.43. The fourth-order valence-corrected chi connectivity index (χ4v) is 2.19. The second-order valence-corrected chi connectivity index (χ2v) is 5.01. The SMILES string of the molecule is CN(CC(=O)O)S(=O)(=O)c1ccccc1. The lowest BCUT2D eigenvalue weighted by molar-refractivity contribution is -0.137. The van der Waals surface area contributed by atoms with Crippen molar-refractivity contribution in [1.82, 2.24) is 4.31 Å².